The van der Waals surface area contributed by atoms with Crippen molar-refractivity contribution in [2.45, 2.75) is 6.92 Å². The van der Waals surface area contributed by atoms with Crippen LogP contribution in [0.4, 0.5) is 5.69 Å². The van der Waals surface area contributed by atoms with Crippen LogP contribution in [0.3, 0.4) is 0 Å². The van der Waals surface area contributed by atoms with Crippen molar-refractivity contribution in [2.24, 2.45) is 10.2 Å². The lowest BCUT2D eigenvalue weighted by Gasteiger charge is -2.02. The number of ether oxygens (including phenoxy) is 1. The second-order valence-corrected chi connectivity index (χ2v) is 6.45. The molecule has 0 atom stereocenters. The van der Waals surface area contributed by atoms with Crippen molar-refractivity contribution in [3.63, 3.8) is 0 Å². The van der Waals surface area contributed by atoms with Gasteiger partial charge in [-0.3, -0.25) is 4.79 Å². The first kappa shape index (κ1) is 16.4. The molecule has 1 heterocycles. The van der Waals surface area contributed by atoms with Crippen LogP contribution in [0, 0.1) is 10.5 Å². The van der Waals surface area contributed by atoms with E-state index in [9.17, 15) is 9.90 Å². The van der Waals surface area contributed by atoms with Crippen molar-refractivity contribution >= 4 is 45.1 Å². The summed E-state index contributed by atoms with van der Waals surface area (Å²) in [6, 6.07) is 12.9. The van der Waals surface area contributed by atoms with Gasteiger partial charge >= 0.3 is 5.91 Å². The number of H-pyrrole nitrogens is 1. The normalized spacial score (nSPS) is 11.2. The molecule has 0 fully saturated rings. The molecule has 2 aromatic carbocycles. The molecule has 2 N–H and O–H groups in total. The number of azo groups is 1. The van der Waals surface area contributed by atoms with Gasteiger partial charge in [0.25, 0.3) is 0 Å². The van der Waals surface area contributed by atoms with E-state index < -0.39 is 5.91 Å². The number of aromatic hydroxyl groups is 1. The van der Waals surface area contributed by atoms with Gasteiger partial charge in [0.15, 0.2) is 12.3 Å². The second kappa shape index (κ2) is 7.00. The fourth-order valence-corrected chi connectivity index (χ4v) is 2.55. The lowest BCUT2D eigenvalue weighted by molar-refractivity contribution is -0.120. The summed E-state index contributed by atoms with van der Waals surface area (Å²) in [4.78, 5) is 14.6. The first-order valence-electron chi connectivity index (χ1n) is 7.17. The third-order valence-corrected chi connectivity index (χ3v) is 4.06. The predicted octanol–water partition coefficient (Wildman–Crippen LogP) is 4.48. The van der Waals surface area contributed by atoms with Gasteiger partial charge in [0.05, 0.1) is 5.52 Å². The van der Waals surface area contributed by atoms with Gasteiger partial charge in [-0.1, -0.05) is 11.6 Å². The smallest absolute Gasteiger partial charge is 0.302 e. The molecule has 122 valence electrons. The summed E-state index contributed by atoms with van der Waals surface area (Å²) in [5, 5.41) is 18.1. The van der Waals surface area contributed by atoms with Crippen molar-refractivity contribution < 1.29 is 14.6 Å². The van der Waals surface area contributed by atoms with Crippen LogP contribution in [0.5, 0.6) is 11.6 Å². The van der Waals surface area contributed by atoms with Gasteiger partial charge in [0.1, 0.15) is 5.75 Å². The van der Waals surface area contributed by atoms with Crippen LogP contribution in [0.2, 0.25) is 0 Å². The molecule has 3 rings (SSSR count). The summed E-state index contributed by atoms with van der Waals surface area (Å²) in [6.45, 7) is 1.72. The first-order chi connectivity index (χ1) is 11.5. The van der Waals surface area contributed by atoms with E-state index in [1.807, 2.05) is 37.3 Å². The number of benzene rings is 2. The van der Waals surface area contributed by atoms with Crippen molar-refractivity contribution in [2.75, 3.05) is 6.61 Å². The molecule has 0 aliphatic heterocycles. The molecule has 3 aromatic rings. The SMILES string of the molecule is Cc1ccc2[nH]c(O)c(N=NC(=O)COc3ccc(I)cc3)c2c1. The quantitative estimate of drug-likeness (QED) is 0.468. The number of aromatic nitrogens is 1. The van der Waals surface area contributed by atoms with Gasteiger partial charge < -0.3 is 14.8 Å². The maximum Gasteiger partial charge on any atom is 0.302 e. The highest BCUT2D eigenvalue weighted by Crippen LogP contribution is 2.35. The number of hydrogen-bond donors (Lipinski definition) is 2. The van der Waals surface area contributed by atoms with Crippen LogP contribution in [0.25, 0.3) is 10.9 Å². The topological polar surface area (TPSA) is 87.0 Å². The number of nitrogens with one attached hydrogen (secondary N) is 1. The van der Waals surface area contributed by atoms with E-state index in [4.69, 9.17) is 4.74 Å². The minimum absolute atomic E-state index is 0.120. The maximum absolute atomic E-state index is 11.8. The molecule has 0 radical (unpaired) electrons. The summed E-state index contributed by atoms with van der Waals surface area (Å²) in [6.07, 6.45) is 0. The Morgan fingerprint density at radius 3 is 2.75 bits per heavy atom. The molecular formula is C17H14IN3O3. The molecule has 0 bridgehead atoms. The largest absolute Gasteiger partial charge is 0.493 e. The fourth-order valence-electron chi connectivity index (χ4n) is 2.19. The summed E-state index contributed by atoms with van der Waals surface area (Å²) in [5.74, 6) is -0.0646. The van der Waals surface area contributed by atoms with Gasteiger partial charge in [-0.15, -0.1) is 10.2 Å². The zero-order valence-electron chi connectivity index (χ0n) is 12.8. The van der Waals surface area contributed by atoms with Gasteiger partial charge in [0.2, 0.25) is 5.88 Å². The van der Waals surface area contributed by atoms with Gasteiger partial charge in [0, 0.05) is 8.96 Å². The predicted molar refractivity (Wildman–Crippen MR) is 98.9 cm³/mol. The van der Waals surface area contributed by atoms with Gasteiger partial charge in [-0.25, -0.2) is 0 Å². The van der Waals surface area contributed by atoms with Crippen molar-refractivity contribution in [1.82, 2.24) is 4.98 Å². The van der Waals surface area contributed by atoms with E-state index in [2.05, 4.69) is 37.8 Å². The lowest BCUT2D eigenvalue weighted by Crippen LogP contribution is -2.07. The third-order valence-electron chi connectivity index (χ3n) is 3.35. The van der Waals surface area contributed by atoms with E-state index in [1.54, 1.807) is 12.1 Å². The van der Waals surface area contributed by atoms with Gasteiger partial charge in [-0.2, -0.15) is 0 Å². The molecule has 24 heavy (non-hydrogen) atoms. The Morgan fingerprint density at radius 1 is 1.25 bits per heavy atom. The Morgan fingerprint density at radius 2 is 2.00 bits per heavy atom. The van der Waals surface area contributed by atoms with E-state index in [1.165, 1.54) is 0 Å². The van der Waals surface area contributed by atoms with Crippen LogP contribution in [-0.2, 0) is 4.79 Å². The number of aromatic amines is 1. The average molecular weight is 435 g/mol. The summed E-state index contributed by atoms with van der Waals surface area (Å²) < 4.78 is 6.43. The first-order valence-corrected chi connectivity index (χ1v) is 8.25. The Bertz CT molecular complexity index is 917. The van der Waals surface area contributed by atoms with Crippen molar-refractivity contribution in [3.8, 4) is 11.6 Å². The molecule has 0 aliphatic rings. The number of fused-ring (bicyclic) bond motifs is 1. The highest BCUT2D eigenvalue weighted by atomic mass is 127. The zero-order chi connectivity index (χ0) is 17.1. The van der Waals surface area contributed by atoms with Crippen LogP contribution < -0.4 is 4.74 Å². The Labute approximate surface area is 151 Å². The molecular weight excluding hydrogens is 421 g/mol. The molecule has 0 unspecified atom stereocenters. The number of carbonyl (C=O) groups is 1. The van der Waals surface area contributed by atoms with Crippen LogP contribution in [-0.4, -0.2) is 22.6 Å². The number of rotatable bonds is 4. The van der Waals surface area contributed by atoms with E-state index >= 15 is 0 Å². The molecule has 0 spiro atoms. The second-order valence-electron chi connectivity index (χ2n) is 5.21. The number of halogens is 1. The zero-order valence-corrected chi connectivity index (χ0v) is 14.9. The number of carbonyl (C=O) groups excluding carboxylic acids is 1. The van der Waals surface area contributed by atoms with E-state index in [0.29, 0.717) is 11.1 Å². The van der Waals surface area contributed by atoms with Crippen molar-refractivity contribution in [1.29, 1.82) is 0 Å². The Kier molecular flexibility index (Phi) is 4.79. The fraction of sp³-hybridized carbons (Fsp3) is 0.118. The van der Waals surface area contributed by atoms with Crippen LogP contribution >= 0.6 is 22.6 Å². The highest BCUT2D eigenvalue weighted by Gasteiger charge is 2.11. The van der Waals surface area contributed by atoms with Crippen LogP contribution in [0.1, 0.15) is 5.56 Å². The average Bonchev–Trinajstić information content (AvgIpc) is 2.87. The molecule has 6 nitrogen and oxygen atoms in total. The lowest BCUT2D eigenvalue weighted by atomic mass is 10.2. The minimum Gasteiger partial charge on any atom is -0.493 e. The number of amides is 1. The standard InChI is InChI=1S/C17H14IN3O3/c1-10-2-7-14-13(8-10)16(17(23)19-14)21-20-15(22)9-24-12-5-3-11(18)4-6-12/h2-8,19,23H,9H2,1H3. The summed E-state index contributed by atoms with van der Waals surface area (Å²) in [7, 11) is 0. The van der Waals surface area contributed by atoms with Crippen molar-refractivity contribution in [3.05, 3.63) is 51.6 Å². The number of nitrogens with zero attached hydrogens (tertiary/aromatic N) is 2. The van der Waals surface area contributed by atoms with Gasteiger partial charge in [-0.05, 0) is 65.9 Å². The monoisotopic (exact) mass is 435 g/mol. The maximum atomic E-state index is 11.8. The molecule has 1 aromatic heterocycles. The third kappa shape index (κ3) is 3.73. The Hall–Kier alpha value is -2.42. The molecule has 1 amide bonds. The number of aryl methyl sites for hydroxylation is 1. The van der Waals surface area contributed by atoms with E-state index in [-0.39, 0.29) is 18.2 Å². The number of hydrogen-bond acceptors (Lipinski definition) is 4. The Balaban J connectivity index is 1.71. The molecule has 0 saturated carbocycles. The highest BCUT2D eigenvalue weighted by molar-refractivity contribution is 14.1. The minimum atomic E-state index is -0.532. The summed E-state index contributed by atoms with van der Waals surface area (Å²) >= 11 is 2.19. The molecule has 0 saturated heterocycles. The van der Waals surface area contributed by atoms with E-state index in [0.717, 1.165) is 14.7 Å². The summed E-state index contributed by atoms with van der Waals surface area (Å²) in [5.41, 5.74) is 2.00. The molecule has 7 heteroatoms. The molecule has 0 aliphatic carbocycles. The van der Waals surface area contributed by atoms with Crippen LogP contribution in [0.15, 0.2) is 52.7 Å².